The van der Waals surface area contributed by atoms with Gasteiger partial charge in [-0.25, -0.2) is 10.0 Å². The van der Waals surface area contributed by atoms with Crippen LogP contribution in [0.1, 0.15) is 10.4 Å². The molecule has 88 valence electrons. The van der Waals surface area contributed by atoms with E-state index in [9.17, 15) is 9.59 Å². The summed E-state index contributed by atoms with van der Waals surface area (Å²) in [6, 6.07) is 7.09. The van der Waals surface area contributed by atoms with Gasteiger partial charge in [-0.3, -0.25) is 9.59 Å². The molecule has 0 atom stereocenters. The van der Waals surface area contributed by atoms with Crippen molar-refractivity contribution in [2.75, 3.05) is 31.3 Å². The summed E-state index contributed by atoms with van der Waals surface area (Å²) in [5, 5.41) is 3.36. The van der Waals surface area contributed by atoms with Gasteiger partial charge in [0, 0.05) is 13.1 Å². The van der Waals surface area contributed by atoms with Gasteiger partial charge in [0.2, 0.25) is 0 Å². The maximum absolute atomic E-state index is 12.0. The molecular weight excluding hydrogens is 220 g/mol. The van der Waals surface area contributed by atoms with E-state index in [1.807, 2.05) is 11.1 Å². The zero-order valence-corrected chi connectivity index (χ0v) is 9.26. The van der Waals surface area contributed by atoms with E-state index in [0.717, 1.165) is 0 Å². The normalized spacial score (nSPS) is 20.8. The van der Waals surface area contributed by atoms with Crippen molar-refractivity contribution < 1.29 is 14.3 Å². The SMILES string of the molecule is O=C1C(=O)N(N2CCOCC2)c2ccccc21. The van der Waals surface area contributed by atoms with E-state index in [2.05, 4.69) is 0 Å². The van der Waals surface area contributed by atoms with Crippen LogP contribution in [0.2, 0.25) is 0 Å². The smallest absolute Gasteiger partial charge is 0.314 e. The average molecular weight is 232 g/mol. The summed E-state index contributed by atoms with van der Waals surface area (Å²) in [5.74, 6) is -0.889. The third kappa shape index (κ3) is 1.55. The fraction of sp³-hybridized carbons (Fsp3) is 0.333. The molecule has 0 aliphatic carbocycles. The first kappa shape index (κ1) is 10.4. The second-order valence-electron chi connectivity index (χ2n) is 4.03. The number of Topliss-reactive ketones (excluding diaryl/α,β-unsaturated/α-hetero) is 1. The second-order valence-corrected chi connectivity index (χ2v) is 4.03. The number of hydrazine groups is 1. The summed E-state index contributed by atoms with van der Waals surface area (Å²) in [5.41, 5.74) is 1.17. The van der Waals surface area contributed by atoms with Crippen LogP contribution >= 0.6 is 0 Å². The van der Waals surface area contributed by atoms with E-state index in [1.54, 1.807) is 18.2 Å². The molecule has 17 heavy (non-hydrogen) atoms. The van der Waals surface area contributed by atoms with Gasteiger partial charge >= 0.3 is 5.91 Å². The fourth-order valence-corrected chi connectivity index (χ4v) is 2.21. The van der Waals surface area contributed by atoms with Crippen molar-refractivity contribution in [3.8, 4) is 0 Å². The first-order valence-electron chi connectivity index (χ1n) is 5.59. The zero-order chi connectivity index (χ0) is 11.8. The van der Waals surface area contributed by atoms with E-state index in [4.69, 9.17) is 4.74 Å². The number of rotatable bonds is 1. The lowest BCUT2D eigenvalue weighted by Gasteiger charge is -2.34. The van der Waals surface area contributed by atoms with Gasteiger partial charge in [0.1, 0.15) is 0 Å². The molecule has 1 fully saturated rings. The van der Waals surface area contributed by atoms with Gasteiger partial charge in [0.05, 0.1) is 24.5 Å². The number of ketones is 1. The van der Waals surface area contributed by atoms with Gasteiger partial charge in [-0.05, 0) is 12.1 Å². The molecule has 0 saturated carbocycles. The number of benzene rings is 1. The van der Waals surface area contributed by atoms with Crippen LogP contribution < -0.4 is 5.01 Å². The third-order valence-corrected chi connectivity index (χ3v) is 3.03. The van der Waals surface area contributed by atoms with Crippen molar-refractivity contribution in [1.82, 2.24) is 5.01 Å². The van der Waals surface area contributed by atoms with Crippen LogP contribution in [0.4, 0.5) is 5.69 Å². The number of carbonyl (C=O) groups excluding carboxylic acids is 2. The summed E-state index contributed by atoms with van der Waals surface area (Å²) in [7, 11) is 0. The number of carbonyl (C=O) groups is 2. The van der Waals surface area contributed by atoms with E-state index >= 15 is 0 Å². The molecule has 5 heteroatoms. The first-order chi connectivity index (χ1) is 8.29. The highest BCUT2D eigenvalue weighted by molar-refractivity contribution is 6.52. The number of nitrogens with zero attached hydrogens (tertiary/aromatic N) is 2. The maximum Gasteiger partial charge on any atom is 0.314 e. The minimum absolute atomic E-state index is 0.424. The number of para-hydroxylation sites is 1. The van der Waals surface area contributed by atoms with E-state index < -0.39 is 11.7 Å². The van der Waals surface area contributed by atoms with Crippen LogP contribution in [0.15, 0.2) is 24.3 Å². The number of anilines is 1. The summed E-state index contributed by atoms with van der Waals surface area (Å²) < 4.78 is 5.24. The molecule has 3 rings (SSSR count). The Balaban J connectivity index is 1.99. The summed E-state index contributed by atoms with van der Waals surface area (Å²) >= 11 is 0. The van der Waals surface area contributed by atoms with E-state index in [-0.39, 0.29) is 0 Å². The van der Waals surface area contributed by atoms with Crippen molar-refractivity contribution in [3.63, 3.8) is 0 Å². The van der Waals surface area contributed by atoms with Gasteiger partial charge in [-0.15, -0.1) is 0 Å². The Morgan fingerprint density at radius 3 is 2.53 bits per heavy atom. The lowest BCUT2D eigenvalue weighted by Crippen LogP contribution is -2.51. The fourth-order valence-electron chi connectivity index (χ4n) is 2.21. The number of amides is 1. The minimum Gasteiger partial charge on any atom is -0.379 e. The lowest BCUT2D eigenvalue weighted by atomic mass is 10.1. The quantitative estimate of drug-likeness (QED) is 0.660. The minimum atomic E-state index is -0.465. The monoisotopic (exact) mass is 232 g/mol. The molecule has 1 aromatic rings. The predicted octanol–water partition coefficient (Wildman–Crippen LogP) is 0.463. The molecule has 0 N–H and O–H groups in total. The molecule has 0 spiro atoms. The third-order valence-electron chi connectivity index (χ3n) is 3.03. The molecule has 1 aromatic carbocycles. The topological polar surface area (TPSA) is 49.9 Å². The van der Waals surface area contributed by atoms with Crippen LogP contribution in [-0.2, 0) is 9.53 Å². The Morgan fingerprint density at radius 1 is 1.06 bits per heavy atom. The van der Waals surface area contributed by atoms with Gasteiger partial charge in [0.25, 0.3) is 5.78 Å². The molecule has 1 amide bonds. The number of ether oxygens (including phenoxy) is 1. The Hall–Kier alpha value is -1.72. The largest absolute Gasteiger partial charge is 0.379 e. The molecule has 0 aromatic heterocycles. The van der Waals surface area contributed by atoms with E-state index in [1.165, 1.54) is 5.01 Å². The van der Waals surface area contributed by atoms with Crippen LogP contribution in [0, 0.1) is 0 Å². The first-order valence-corrected chi connectivity index (χ1v) is 5.59. The maximum atomic E-state index is 12.0. The Morgan fingerprint density at radius 2 is 1.76 bits per heavy atom. The van der Waals surface area contributed by atoms with Crippen LogP contribution in [0.3, 0.4) is 0 Å². The van der Waals surface area contributed by atoms with E-state index in [0.29, 0.717) is 37.6 Å². The van der Waals surface area contributed by atoms with Crippen LogP contribution in [0.5, 0.6) is 0 Å². The van der Waals surface area contributed by atoms with Crippen molar-refractivity contribution in [1.29, 1.82) is 0 Å². The van der Waals surface area contributed by atoms with Crippen LogP contribution in [0.25, 0.3) is 0 Å². The molecule has 1 saturated heterocycles. The number of fused-ring (bicyclic) bond motifs is 1. The predicted molar refractivity (Wildman–Crippen MR) is 60.7 cm³/mol. The van der Waals surface area contributed by atoms with Gasteiger partial charge in [0.15, 0.2) is 0 Å². The molecule has 5 nitrogen and oxygen atoms in total. The molecule has 0 unspecified atom stereocenters. The van der Waals surface area contributed by atoms with Crippen molar-refractivity contribution in [2.24, 2.45) is 0 Å². The van der Waals surface area contributed by atoms with Crippen molar-refractivity contribution >= 4 is 17.4 Å². The summed E-state index contributed by atoms with van der Waals surface area (Å²) in [6.45, 7) is 2.43. The van der Waals surface area contributed by atoms with Gasteiger partial charge in [-0.2, -0.15) is 0 Å². The van der Waals surface area contributed by atoms with Gasteiger partial charge in [-0.1, -0.05) is 12.1 Å². The van der Waals surface area contributed by atoms with Crippen LogP contribution in [-0.4, -0.2) is 43.0 Å². The highest BCUT2D eigenvalue weighted by atomic mass is 16.5. The molecule has 2 aliphatic heterocycles. The Labute approximate surface area is 98.5 Å². The summed E-state index contributed by atoms with van der Waals surface area (Å²) in [6.07, 6.45) is 0. The average Bonchev–Trinajstić information content (AvgIpc) is 2.64. The highest BCUT2D eigenvalue weighted by Crippen LogP contribution is 2.30. The second kappa shape index (κ2) is 3.94. The molecule has 0 bridgehead atoms. The molecule has 2 heterocycles. The Kier molecular flexibility index (Phi) is 2.42. The molecule has 0 radical (unpaired) electrons. The zero-order valence-electron chi connectivity index (χ0n) is 9.26. The number of hydrogen-bond donors (Lipinski definition) is 0. The summed E-state index contributed by atoms with van der Waals surface area (Å²) in [4.78, 5) is 23.8. The van der Waals surface area contributed by atoms with Crippen molar-refractivity contribution in [2.45, 2.75) is 0 Å². The molecule has 2 aliphatic rings. The highest BCUT2D eigenvalue weighted by Gasteiger charge is 2.39. The number of hydrogen-bond acceptors (Lipinski definition) is 4. The lowest BCUT2D eigenvalue weighted by molar-refractivity contribution is -0.118. The van der Waals surface area contributed by atoms with Crippen molar-refractivity contribution in [3.05, 3.63) is 29.8 Å². The Bertz CT molecular complexity index is 480. The number of morpholine rings is 1. The van der Waals surface area contributed by atoms with Gasteiger partial charge < -0.3 is 4.74 Å². The molecular formula is C12H12N2O3. The standard InChI is InChI=1S/C12H12N2O3/c15-11-9-3-1-2-4-10(9)14(12(11)16)13-5-7-17-8-6-13/h1-4H,5-8H2.